The summed E-state index contributed by atoms with van der Waals surface area (Å²) in [7, 11) is 0. The Morgan fingerprint density at radius 1 is 1.19 bits per heavy atom. The molecule has 0 unspecified atom stereocenters. The second kappa shape index (κ2) is 9.01. The third kappa shape index (κ3) is 4.59. The largest absolute Gasteiger partial charge is 0.493 e. The number of aliphatic imine (C=N–C) groups is 1. The normalized spacial score (nSPS) is 11.1. The number of aryl methyl sites for hydroxylation is 2. The number of aromatic nitrogens is 2. The molecule has 0 saturated heterocycles. The molecule has 3 rings (SSSR count). The van der Waals surface area contributed by atoms with Gasteiger partial charge in [0.1, 0.15) is 5.56 Å². The zero-order valence-electron chi connectivity index (χ0n) is 17.1. The van der Waals surface area contributed by atoms with E-state index in [4.69, 9.17) is 16.3 Å². The van der Waals surface area contributed by atoms with Crippen LogP contribution in [0.4, 0.5) is 5.69 Å². The van der Waals surface area contributed by atoms with Crippen molar-refractivity contribution in [3.8, 4) is 11.6 Å². The molecule has 1 heterocycles. The van der Waals surface area contributed by atoms with Gasteiger partial charge >= 0.3 is 11.7 Å². The minimum atomic E-state index is -0.800. The van der Waals surface area contributed by atoms with Gasteiger partial charge in [0.2, 0.25) is 5.88 Å². The van der Waals surface area contributed by atoms with E-state index in [-0.39, 0.29) is 22.8 Å². The summed E-state index contributed by atoms with van der Waals surface area (Å²) in [5, 5.41) is 10.9. The Bertz CT molecular complexity index is 1310. The Morgan fingerprint density at radius 2 is 1.94 bits per heavy atom. The molecule has 2 aromatic carbocycles. The highest BCUT2D eigenvalue weighted by Crippen LogP contribution is 2.24. The van der Waals surface area contributed by atoms with Crippen LogP contribution >= 0.6 is 11.6 Å². The van der Waals surface area contributed by atoms with Crippen molar-refractivity contribution >= 4 is 29.5 Å². The van der Waals surface area contributed by atoms with E-state index in [9.17, 15) is 19.5 Å². The van der Waals surface area contributed by atoms with E-state index < -0.39 is 23.1 Å². The highest BCUT2D eigenvalue weighted by atomic mass is 35.5. The van der Waals surface area contributed by atoms with Crippen LogP contribution in [0.25, 0.3) is 5.69 Å². The SMILES string of the molecule is CCOC(=O)c1cc(N=Cc2c(O)n(-c3ccc(C)c(C)c3)c(=O)[nH]c2=O)ccc1Cl. The first-order valence-electron chi connectivity index (χ1n) is 9.39. The number of rotatable bonds is 5. The highest BCUT2D eigenvalue weighted by Gasteiger charge is 2.15. The Labute approximate surface area is 182 Å². The Balaban J connectivity index is 2.06. The summed E-state index contributed by atoms with van der Waals surface area (Å²) in [5.74, 6) is -1.16. The average molecular weight is 442 g/mol. The molecule has 0 atom stereocenters. The Kier molecular flexibility index (Phi) is 6.41. The number of hydrogen-bond acceptors (Lipinski definition) is 6. The summed E-state index contributed by atoms with van der Waals surface area (Å²) in [6.07, 6.45) is 1.11. The molecular weight excluding hydrogens is 422 g/mol. The fourth-order valence-electron chi connectivity index (χ4n) is 2.86. The minimum absolute atomic E-state index is 0.122. The maximum Gasteiger partial charge on any atom is 0.339 e. The molecule has 31 heavy (non-hydrogen) atoms. The number of carbonyl (C=O) groups is 1. The smallest absolute Gasteiger partial charge is 0.339 e. The summed E-state index contributed by atoms with van der Waals surface area (Å²) >= 11 is 6.04. The maximum atomic E-state index is 12.3. The van der Waals surface area contributed by atoms with E-state index in [1.165, 1.54) is 18.2 Å². The summed E-state index contributed by atoms with van der Waals surface area (Å²) in [6.45, 7) is 5.65. The van der Waals surface area contributed by atoms with Gasteiger partial charge in [0.25, 0.3) is 5.56 Å². The number of esters is 1. The lowest BCUT2D eigenvalue weighted by Crippen LogP contribution is -2.31. The molecule has 0 saturated carbocycles. The number of carbonyl (C=O) groups excluding carboxylic acids is 1. The van der Waals surface area contributed by atoms with Gasteiger partial charge in [-0.05, 0) is 62.2 Å². The molecule has 0 aliphatic carbocycles. The van der Waals surface area contributed by atoms with E-state index in [2.05, 4.69) is 9.98 Å². The number of H-pyrrole nitrogens is 1. The average Bonchev–Trinajstić information content (AvgIpc) is 2.71. The number of aromatic hydroxyl groups is 1. The van der Waals surface area contributed by atoms with E-state index in [1.807, 2.05) is 13.8 Å². The molecule has 0 aliphatic heterocycles. The second-order valence-electron chi connectivity index (χ2n) is 6.74. The molecular formula is C22H20ClN3O5. The number of nitrogens with one attached hydrogen (secondary N) is 1. The molecule has 0 bridgehead atoms. The predicted molar refractivity (Wildman–Crippen MR) is 118 cm³/mol. The van der Waals surface area contributed by atoms with Gasteiger partial charge in [-0.25, -0.2) is 14.2 Å². The standard InChI is InChI=1S/C22H20ClN3O5/c1-4-31-21(29)16-10-14(6-8-18(16)23)24-11-17-19(27)25-22(30)26(20(17)28)15-7-5-12(2)13(3)9-15/h5-11,28H,4H2,1-3H3,(H,25,27,30). The van der Waals surface area contributed by atoms with Crippen LogP contribution in [0, 0.1) is 13.8 Å². The highest BCUT2D eigenvalue weighted by molar-refractivity contribution is 6.33. The molecule has 0 fully saturated rings. The summed E-state index contributed by atoms with van der Waals surface area (Å²) < 4.78 is 5.94. The zero-order valence-corrected chi connectivity index (χ0v) is 17.9. The van der Waals surface area contributed by atoms with Crippen LogP contribution < -0.4 is 11.2 Å². The first-order chi connectivity index (χ1) is 14.7. The summed E-state index contributed by atoms with van der Waals surface area (Å²) in [5.41, 5.74) is 0.954. The van der Waals surface area contributed by atoms with Crippen molar-refractivity contribution in [3.05, 3.63) is 84.5 Å². The summed E-state index contributed by atoms with van der Waals surface area (Å²) in [4.78, 5) is 43.0. The van der Waals surface area contributed by atoms with Gasteiger partial charge in [-0.15, -0.1) is 0 Å². The van der Waals surface area contributed by atoms with Crippen LogP contribution in [0.5, 0.6) is 5.88 Å². The van der Waals surface area contributed by atoms with Gasteiger partial charge in [0.15, 0.2) is 0 Å². The Morgan fingerprint density at radius 3 is 2.61 bits per heavy atom. The van der Waals surface area contributed by atoms with Crippen molar-refractivity contribution in [2.75, 3.05) is 6.61 Å². The van der Waals surface area contributed by atoms with Crippen LogP contribution in [0.1, 0.15) is 34.0 Å². The van der Waals surface area contributed by atoms with Crippen molar-refractivity contribution < 1.29 is 14.6 Å². The molecule has 9 heteroatoms. The maximum absolute atomic E-state index is 12.3. The predicted octanol–water partition coefficient (Wildman–Crippen LogP) is 3.43. The van der Waals surface area contributed by atoms with Crippen LogP contribution in [0.2, 0.25) is 5.02 Å². The number of nitrogens with zero attached hydrogens (tertiary/aromatic N) is 2. The van der Waals surface area contributed by atoms with Crippen molar-refractivity contribution in [2.24, 2.45) is 4.99 Å². The summed E-state index contributed by atoms with van der Waals surface area (Å²) in [6, 6.07) is 9.60. The van der Waals surface area contributed by atoms with E-state index in [0.717, 1.165) is 21.9 Å². The lowest BCUT2D eigenvalue weighted by Gasteiger charge is -2.11. The van der Waals surface area contributed by atoms with Gasteiger partial charge in [-0.3, -0.25) is 14.8 Å². The number of halogens is 1. The number of ether oxygens (including phenoxy) is 1. The fraction of sp³-hybridized carbons (Fsp3) is 0.182. The molecule has 0 aliphatic rings. The molecule has 0 spiro atoms. The van der Waals surface area contributed by atoms with Crippen LogP contribution in [-0.4, -0.2) is 33.4 Å². The minimum Gasteiger partial charge on any atom is -0.493 e. The van der Waals surface area contributed by atoms with Crippen LogP contribution in [-0.2, 0) is 4.74 Å². The lowest BCUT2D eigenvalue weighted by molar-refractivity contribution is 0.0526. The zero-order chi connectivity index (χ0) is 22.7. The third-order valence-electron chi connectivity index (χ3n) is 4.66. The Hall–Kier alpha value is -3.65. The number of aromatic amines is 1. The van der Waals surface area contributed by atoms with Gasteiger partial charge in [-0.2, -0.15) is 0 Å². The second-order valence-corrected chi connectivity index (χ2v) is 7.15. The van der Waals surface area contributed by atoms with Gasteiger partial charge in [0.05, 0.1) is 28.6 Å². The van der Waals surface area contributed by atoms with Crippen molar-refractivity contribution in [1.29, 1.82) is 0 Å². The van der Waals surface area contributed by atoms with E-state index in [0.29, 0.717) is 11.4 Å². The monoisotopic (exact) mass is 441 g/mol. The molecule has 1 aromatic heterocycles. The van der Waals surface area contributed by atoms with Gasteiger partial charge in [-0.1, -0.05) is 17.7 Å². The number of hydrogen-bond donors (Lipinski definition) is 2. The number of benzene rings is 2. The fourth-order valence-corrected chi connectivity index (χ4v) is 3.05. The molecule has 160 valence electrons. The van der Waals surface area contributed by atoms with E-state index >= 15 is 0 Å². The van der Waals surface area contributed by atoms with E-state index in [1.54, 1.807) is 25.1 Å². The molecule has 2 N–H and O–H groups in total. The van der Waals surface area contributed by atoms with Gasteiger partial charge < -0.3 is 9.84 Å². The van der Waals surface area contributed by atoms with Crippen molar-refractivity contribution in [1.82, 2.24) is 9.55 Å². The van der Waals surface area contributed by atoms with Crippen molar-refractivity contribution in [2.45, 2.75) is 20.8 Å². The van der Waals surface area contributed by atoms with Crippen molar-refractivity contribution in [3.63, 3.8) is 0 Å². The molecule has 8 nitrogen and oxygen atoms in total. The van der Waals surface area contributed by atoms with Crippen LogP contribution in [0.3, 0.4) is 0 Å². The molecule has 0 radical (unpaired) electrons. The van der Waals surface area contributed by atoms with Gasteiger partial charge in [0, 0.05) is 6.21 Å². The first kappa shape index (κ1) is 22.0. The molecule has 0 amide bonds. The van der Waals surface area contributed by atoms with Crippen LogP contribution in [0.15, 0.2) is 51.0 Å². The topological polar surface area (TPSA) is 114 Å². The lowest BCUT2D eigenvalue weighted by atomic mass is 10.1. The third-order valence-corrected chi connectivity index (χ3v) is 4.99. The molecule has 3 aromatic rings. The quantitative estimate of drug-likeness (QED) is 0.465. The first-order valence-corrected chi connectivity index (χ1v) is 9.77.